The molecule has 1 aliphatic carbocycles. The topological polar surface area (TPSA) is 0 Å². The van der Waals surface area contributed by atoms with Crippen LogP contribution in [-0.2, 0) is 0 Å². The van der Waals surface area contributed by atoms with Gasteiger partial charge in [-0.25, -0.2) is 0 Å². The highest BCUT2D eigenvalue weighted by Crippen LogP contribution is 2.49. The Bertz CT molecular complexity index is 536. The molecule has 20 heavy (non-hydrogen) atoms. The van der Waals surface area contributed by atoms with Gasteiger partial charge in [-0.1, -0.05) is 78.6 Å². The van der Waals surface area contributed by atoms with Crippen molar-refractivity contribution in [3.8, 4) is 0 Å². The predicted octanol–water partition coefficient (Wildman–Crippen LogP) is 4.30. The van der Waals surface area contributed by atoms with E-state index in [-0.39, 0.29) is 9.52 Å². The van der Waals surface area contributed by atoms with E-state index in [0.717, 1.165) is 0 Å². The lowest BCUT2D eigenvalue weighted by Gasteiger charge is -2.31. The zero-order valence-corrected chi connectivity index (χ0v) is 15.1. The fraction of sp³-hybridized carbons (Fsp3) is 0.474. The first-order valence-corrected chi connectivity index (χ1v) is 9.34. The first kappa shape index (κ1) is 15.3. The van der Waals surface area contributed by atoms with Gasteiger partial charge in [-0.05, 0) is 32.8 Å². The van der Waals surface area contributed by atoms with Crippen molar-refractivity contribution in [1.82, 2.24) is 0 Å². The lowest BCUT2D eigenvalue weighted by Crippen LogP contribution is -2.28. The molecule has 0 fully saturated rings. The highest BCUT2D eigenvalue weighted by molar-refractivity contribution is 6.61. The van der Waals surface area contributed by atoms with E-state index < -0.39 is 0 Å². The third-order valence-electron chi connectivity index (χ3n) is 5.33. The van der Waals surface area contributed by atoms with Crippen LogP contribution in [0.2, 0.25) is 0 Å². The van der Waals surface area contributed by atoms with Crippen LogP contribution in [0, 0.1) is 5.41 Å². The zero-order valence-electron chi connectivity index (χ0n) is 13.7. The molecule has 0 heterocycles. The van der Waals surface area contributed by atoms with Gasteiger partial charge in [-0.2, -0.15) is 0 Å². The monoisotopic (exact) mass is 284 g/mol. The summed E-state index contributed by atoms with van der Waals surface area (Å²) in [5, 5.41) is 3.36. The van der Waals surface area contributed by atoms with Crippen LogP contribution in [0.4, 0.5) is 0 Å². The third-order valence-corrected chi connectivity index (χ3v) is 7.87. The molecule has 108 valence electrons. The van der Waals surface area contributed by atoms with Crippen LogP contribution in [0.1, 0.15) is 53.9 Å². The van der Waals surface area contributed by atoms with Crippen LogP contribution in [0.3, 0.4) is 0 Å². The normalized spacial score (nSPS) is 23.4. The number of allylic oxidation sites excluding steroid dienone is 4. The van der Waals surface area contributed by atoms with Crippen LogP contribution in [0.5, 0.6) is 0 Å². The third kappa shape index (κ3) is 2.69. The lowest BCUT2D eigenvalue weighted by molar-refractivity contribution is 0.441. The van der Waals surface area contributed by atoms with Crippen molar-refractivity contribution in [3.05, 3.63) is 52.2 Å². The summed E-state index contributed by atoms with van der Waals surface area (Å²) in [5.74, 6) is 0. The predicted molar refractivity (Wildman–Crippen MR) is 93.3 cm³/mol. The minimum Gasteiger partial charge on any atom is -0.0698 e. The van der Waals surface area contributed by atoms with E-state index in [2.05, 4.69) is 65.0 Å². The van der Waals surface area contributed by atoms with Crippen molar-refractivity contribution in [2.45, 2.75) is 53.9 Å². The number of unbranched alkanes of at least 4 members (excludes halogenated alkanes) is 1. The maximum atomic E-state index is 2.49. The molecule has 1 aromatic rings. The number of hydrogen-bond acceptors (Lipinski definition) is 0. The molecule has 1 atom stereocenters. The summed E-state index contributed by atoms with van der Waals surface area (Å²) in [5.41, 5.74) is 5.12. The summed E-state index contributed by atoms with van der Waals surface area (Å²) in [6.07, 6.45) is 3.95. The summed E-state index contributed by atoms with van der Waals surface area (Å²) < 4.78 is 0. The standard InChI is InChI=1S/C19H28Si/c1-6-7-13-19(5)16(4)14(2)15(3)18(19)20-17-11-9-8-10-12-17/h8-12H,6-7,13,20H2,1-5H3. The Morgan fingerprint density at radius 2 is 1.65 bits per heavy atom. The smallest absolute Gasteiger partial charge is 0.0698 e. The van der Waals surface area contributed by atoms with Gasteiger partial charge in [-0.3, -0.25) is 0 Å². The lowest BCUT2D eigenvalue weighted by atomic mass is 9.80. The van der Waals surface area contributed by atoms with Crippen LogP contribution >= 0.6 is 0 Å². The van der Waals surface area contributed by atoms with Crippen LogP contribution in [0.25, 0.3) is 0 Å². The van der Waals surface area contributed by atoms with Gasteiger partial charge >= 0.3 is 0 Å². The van der Waals surface area contributed by atoms with E-state index in [1.165, 1.54) is 19.3 Å². The molecular formula is C19H28Si. The molecule has 1 aromatic carbocycles. The minimum absolute atomic E-state index is 0.340. The summed E-state index contributed by atoms with van der Waals surface area (Å²) in [6, 6.07) is 11.1. The molecule has 0 spiro atoms. The largest absolute Gasteiger partial charge is 0.0839 e. The molecule has 0 saturated heterocycles. The maximum absolute atomic E-state index is 2.49. The molecule has 0 amide bonds. The molecule has 2 rings (SSSR count). The van der Waals surface area contributed by atoms with E-state index >= 15 is 0 Å². The van der Waals surface area contributed by atoms with Crippen molar-refractivity contribution in [2.24, 2.45) is 5.41 Å². The molecule has 0 aromatic heterocycles. The minimum atomic E-state index is -0.340. The Morgan fingerprint density at radius 3 is 2.25 bits per heavy atom. The van der Waals surface area contributed by atoms with Gasteiger partial charge in [0.2, 0.25) is 0 Å². The maximum Gasteiger partial charge on any atom is 0.0839 e. The summed E-state index contributed by atoms with van der Waals surface area (Å²) in [7, 11) is -0.340. The Balaban J connectivity index is 2.34. The second kappa shape index (κ2) is 6.13. The van der Waals surface area contributed by atoms with Gasteiger partial charge in [-0.15, -0.1) is 0 Å². The van der Waals surface area contributed by atoms with Gasteiger partial charge < -0.3 is 0 Å². The van der Waals surface area contributed by atoms with Gasteiger partial charge in [0.15, 0.2) is 0 Å². The quantitative estimate of drug-likeness (QED) is 0.707. The second-order valence-electron chi connectivity index (χ2n) is 6.45. The number of benzene rings is 1. The molecule has 1 unspecified atom stereocenters. The molecule has 0 bridgehead atoms. The summed E-state index contributed by atoms with van der Waals surface area (Å²) in [6.45, 7) is 11.8. The highest BCUT2D eigenvalue weighted by atomic mass is 28.2. The van der Waals surface area contributed by atoms with Crippen LogP contribution in [0.15, 0.2) is 52.2 Å². The fourth-order valence-corrected chi connectivity index (χ4v) is 5.84. The fourth-order valence-electron chi connectivity index (χ4n) is 3.56. The molecule has 1 aliphatic rings. The molecular weight excluding hydrogens is 256 g/mol. The highest BCUT2D eigenvalue weighted by Gasteiger charge is 2.37. The van der Waals surface area contributed by atoms with Crippen molar-refractivity contribution >= 4 is 14.7 Å². The van der Waals surface area contributed by atoms with Crippen LogP contribution in [-0.4, -0.2) is 9.52 Å². The Labute approximate surface area is 126 Å². The van der Waals surface area contributed by atoms with Crippen molar-refractivity contribution < 1.29 is 0 Å². The second-order valence-corrected chi connectivity index (χ2v) is 8.33. The molecule has 0 radical (unpaired) electrons. The summed E-state index contributed by atoms with van der Waals surface area (Å²) >= 11 is 0. The average Bonchev–Trinajstić information content (AvgIpc) is 2.62. The molecule has 0 saturated carbocycles. The average molecular weight is 285 g/mol. The first-order chi connectivity index (χ1) is 9.50. The Morgan fingerprint density at radius 1 is 1.00 bits per heavy atom. The molecule has 0 aliphatic heterocycles. The zero-order chi connectivity index (χ0) is 14.8. The van der Waals surface area contributed by atoms with Crippen LogP contribution < -0.4 is 5.19 Å². The van der Waals surface area contributed by atoms with Gasteiger partial charge in [0, 0.05) is 5.41 Å². The SMILES string of the molecule is CCCCC1(C)C(C)=C(C)C(C)=C1[SiH2]c1ccccc1. The van der Waals surface area contributed by atoms with E-state index in [1.54, 1.807) is 27.1 Å². The molecule has 0 N–H and O–H groups in total. The van der Waals surface area contributed by atoms with Crippen molar-refractivity contribution in [3.63, 3.8) is 0 Å². The van der Waals surface area contributed by atoms with E-state index in [4.69, 9.17) is 0 Å². The van der Waals surface area contributed by atoms with E-state index in [1.807, 2.05) is 0 Å². The molecule has 0 nitrogen and oxygen atoms in total. The van der Waals surface area contributed by atoms with E-state index in [0.29, 0.717) is 5.41 Å². The number of rotatable bonds is 5. The van der Waals surface area contributed by atoms with Gasteiger partial charge in [0.1, 0.15) is 0 Å². The summed E-state index contributed by atoms with van der Waals surface area (Å²) in [4.78, 5) is 0. The first-order valence-electron chi connectivity index (χ1n) is 7.93. The van der Waals surface area contributed by atoms with E-state index in [9.17, 15) is 0 Å². The Hall–Kier alpha value is -1.08. The number of hydrogen-bond donors (Lipinski definition) is 0. The Kier molecular flexibility index (Phi) is 4.69. The van der Waals surface area contributed by atoms with Crippen molar-refractivity contribution in [2.75, 3.05) is 0 Å². The van der Waals surface area contributed by atoms with Gasteiger partial charge in [0.05, 0.1) is 9.52 Å². The van der Waals surface area contributed by atoms with Gasteiger partial charge in [0.25, 0.3) is 0 Å². The molecule has 1 heteroatoms. The van der Waals surface area contributed by atoms with Crippen molar-refractivity contribution in [1.29, 1.82) is 0 Å².